The van der Waals surface area contributed by atoms with E-state index in [1.165, 1.54) is 0 Å². The van der Waals surface area contributed by atoms with Gasteiger partial charge in [0.1, 0.15) is 0 Å². The third-order valence-electron chi connectivity index (χ3n) is 2.37. The Bertz CT molecular complexity index is 284. The van der Waals surface area contributed by atoms with E-state index in [9.17, 15) is 0 Å². The molecule has 0 aromatic carbocycles. The maximum absolute atomic E-state index is 6.07. The number of hydrogen-bond donors (Lipinski definition) is 1. The minimum absolute atomic E-state index is 0.00722. The van der Waals surface area contributed by atoms with Crippen molar-refractivity contribution in [2.45, 2.75) is 26.0 Å². The van der Waals surface area contributed by atoms with Crippen molar-refractivity contribution in [3.05, 3.63) is 11.9 Å². The van der Waals surface area contributed by atoms with Crippen molar-refractivity contribution in [3.63, 3.8) is 0 Å². The quantitative estimate of drug-likeness (QED) is 0.764. The molecule has 0 aliphatic heterocycles. The standard InChI is InChI=1S/C9H18N4O/c1-6(2)9(14-4)8(10)7-5-11-12-13(7)3/h5-6,8-9H,10H2,1-4H3. The van der Waals surface area contributed by atoms with E-state index >= 15 is 0 Å². The van der Waals surface area contributed by atoms with Gasteiger partial charge in [0, 0.05) is 14.2 Å². The SMILES string of the molecule is COC(C(C)C)C(N)c1cnnn1C. The first kappa shape index (κ1) is 11.1. The molecule has 2 atom stereocenters. The van der Waals surface area contributed by atoms with Crippen molar-refractivity contribution in [3.8, 4) is 0 Å². The topological polar surface area (TPSA) is 66.0 Å². The number of aromatic nitrogens is 3. The van der Waals surface area contributed by atoms with Crippen molar-refractivity contribution >= 4 is 0 Å². The summed E-state index contributed by atoms with van der Waals surface area (Å²) < 4.78 is 7.04. The van der Waals surface area contributed by atoms with Crippen LogP contribution in [-0.4, -0.2) is 28.2 Å². The molecule has 0 amide bonds. The minimum atomic E-state index is -0.181. The molecule has 1 heterocycles. The zero-order valence-corrected chi connectivity index (χ0v) is 9.14. The Labute approximate surface area is 84.2 Å². The van der Waals surface area contributed by atoms with Gasteiger partial charge in [0.2, 0.25) is 0 Å². The molecule has 80 valence electrons. The van der Waals surface area contributed by atoms with Gasteiger partial charge in [0.15, 0.2) is 0 Å². The number of aryl methyl sites for hydroxylation is 1. The third kappa shape index (κ3) is 2.10. The highest BCUT2D eigenvalue weighted by atomic mass is 16.5. The van der Waals surface area contributed by atoms with Crippen LogP contribution in [0.1, 0.15) is 25.6 Å². The van der Waals surface area contributed by atoms with Gasteiger partial charge in [-0.25, -0.2) is 0 Å². The van der Waals surface area contributed by atoms with Crippen LogP contribution in [0.2, 0.25) is 0 Å². The molecule has 1 aromatic rings. The van der Waals surface area contributed by atoms with E-state index in [1.54, 1.807) is 18.0 Å². The Morgan fingerprint density at radius 1 is 1.50 bits per heavy atom. The summed E-state index contributed by atoms with van der Waals surface area (Å²) in [5.41, 5.74) is 6.96. The van der Waals surface area contributed by atoms with Crippen molar-refractivity contribution in [2.75, 3.05) is 7.11 Å². The Kier molecular flexibility index (Phi) is 3.60. The lowest BCUT2D eigenvalue weighted by atomic mass is 9.98. The molecule has 5 heteroatoms. The molecule has 0 aliphatic carbocycles. The summed E-state index contributed by atoms with van der Waals surface area (Å²) in [5, 5.41) is 7.64. The highest BCUT2D eigenvalue weighted by Crippen LogP contribution is 2.20. The number of hydrogen-bond acceptors (Lipinski definition) is 4. The van der Waals surface area contributed by atoms with E-state index in [2.05, 4.69) is 24.2 Å². The molecule has 1 rings (SSSR count). The van der Waals surface area contributed by atoms with Gasteiger partial charge >= 0.3 is 0 Å². The second kappa shape index (κ2) is 4.52. The number of nitrogens with two attached hydrogens (primary N) is 1. The molecule has 2 unspecified atom stereocenters. The van der Waals surface area contributed by atoms with Gasteiger partial charge in [-0.2, -0.15) is 0 Å². The van der Waals surface area contributed by atoms with Crippen molar-refractivity contribution in [1.82, 2.24) is 15.0 Å². The molecular formula is C9H18N4O. The summed E-state index contributed by atoms with van der Waals surface area (Å²) in [6.07, 6.45) is 1.67. The number of ether oxygens (including phenoxy) is 1. The first-order chi connectivity index (χ1) is 6.57. The maximum Gasteiger partial charge on any atom is 0.0802 e. The Morgan fingerprint density at radius 2 is 2.14 bits per heavy atom. The van der Waals surface area contributed by atoms with Crippen LogP contribution < -0.4 is 5.73 Å². The van der Waals surface area contributed by atoms with Crippen molar-refractivity contribution in [1.29, 1.82) is 0 Å². The van der Waals surface area contributed by atoms with Crippen LogP contribution in [0.3, 0.4) is 0 Å². The highest BCUT2D eigenvalue weighted by Gasteiger charge is 2.24. The molecule has 0 saturated heterocycles. The van der Waals surface area contributed by atoms with E-state index in [1.807, 2.05) is 7.05 Å². The van der Waals surface area contributed by atoms with E-state index in [4.69, 9.17) is 10.5 Å². The lowest BCUT2D eigenvalue weighted by Crippen LogP contribution is -2.33. The van der Waals surface area contributed by atoms with Crippen LogP contribution in [0.5, 0.6) is 0 Å². The van der Waals surface area contributed by atoms with E-state index in [-0.39, 0.29) is 12.1 Å². The molecule has 5 nitrogen and oxygen atoms in total. The van der Waals surface area contributed by atoms with E-state index < -0.39 is 0 Å². The predicted molar refractivity (Wildman–Crippen MR) is 53.6 cm³/mol. The lowest BCUT2D eigenvalue weighted by molar-refractivity contribution is 0.0417. The molecule has 0 aliphatic rings. The summed E-state index contributed by atoms with van der Waals surface area (Å²) >= 11 is 0. The van der Waals surface area contributed by atoms with Crippen LogP contribution in [0, 0.1) is 5.92 Å². The summed E-state index contributed by atoms with van der Waals surface area (Å²) in [5.74, 6) is 0.366. The molecular weight excluding hydrogens is 180 g/mol. The minimum Gasteiger partial charge on any atom is -0.379 e. The van der Waals surface area contributed by atoms with Crippen LogP contribution in [-0.2, 0) is 11.8 Å². The van der Waals surface area contributed by atoms with Gasteiger partial charge in [0.05, 0.1) is 24.0 Å². The first-order valence-electron chi connectivity index (χ1n) is 4.71. The fourth-order valence-corrected chi connectivity index (χ4v) is 1.60. The second-order valence-corrected chi connectivity index (χ2v) is 3.75. The highest BCUT2D eigenvalue weighted by molar-refractivity contribution is 5.03. The average molecular weight is 198 g/mol. The summed E-state index contributed by atoms with van der Waals surface area (Å²) in [7, 11) is 3.50. The molecule has 2 N–H and O–H groups in total. The van der Waals surface area contributed by atoms with Gasteiger partial charge in [-0.3, -0.25) is 4.68 Å². The first-order valence-corrected chi connectivity index (χ1v) is 4.71. The van der Waals surface area contributed by atoms with Crippen molar-refractivity contribution in [2.24, 2.45) is 18.7 Å². The Balaban J connectivity index is 2.83. The van der Waals surface area contributed by atoms with Gasteiger partial charge in [-0.15, -0.1) is 5.10 Å². The van der Waals surface area contributed by atoms with E-state index in [0.717, 1.165) is 5.69 Å². The van der Waals surface area contributed by atoms with Gasteiger partial charge < -0.3 is 10.5 Å². The summed E-state index contributed by atoms with van der Waals surface area (Å²) in [6, 6.07) is -0.181. The van der Waals surface area contributed by atoms with Crippen LogP contribution in [0.25, 0.3) is 0 Å². The largest absolute Gasteiger partial charge is 0.379 e. The predicted octanol–water partition coefficient (Wildman–Crippen LogP) is 0.486. The molecule has 0 radical (unpaired) electrons. The van der Waals surface area contributed by atoms with Crippen molar-refractivity contribution < 1.29 is 4.74 Å². The summed E-state index contributed by atoms with van der Waals surface area (Å²) in [4.78, 5) is 0. The maximum atomic E-state index is 6.07. The molecule has 0 bridgehead atoms. The van der Waals surface area contributed by atoms with Crippen LogP contribution in [0.4, 0.5) is 0 Å². The zero-order chi connectivity index (χ0) is 10.7. The third-order valence-corrected chi connectivity index (χ3v) is 2.37. The van der Waals surface area contributed by atoms with Gasteiger partial charge in [-0.1, -0.05) is 19.1 Å². The zero-order valence-electron chi connectivity index (χ0n) is 9.14. The molecule has 0 spiro atoms. The monoisotopic (exact) mass is 198 g/mol. The number of methoxy groups -OCH3 is 1. The Morgan fingerprint density at radius 3 is 2.50 bits per heavy atom. The van der Waals surface area contributed by atoms with Crippen LogP contribution in [0.15, 0.2) is 6.20 Å². The van der Waals surface area contributed by atoms with Gasteiger partial charge in [0.25, 0.3) is 0 Å². The number of nitrogens with zero attached hydrogens (tertiary/aromatic N) is 3. The second-order valence-electron chi connectivity index (χ2n) is 3.75. The number of rotatable bonds is 4. The van der Waals surface area contributed by atoms with Crippen LogP contribution >= 0.6 is 0 Å². The molecule has 14 heavy (non-hydrogen) atoms. The molecule has 0 fully saturated rings. The fraction of sp³-hybridized carbons (Fsp3) is 0.778. The molecule has 0 saturated carbocycles. The Hall–Kier alpha value is -0.940. The molecule has 1 aromatic heterocycles. The summed E-state index contributed by atoms with van der Waals surface area (Å²) in [6.45, 7) is 4.16. The fourth-order valence-electron chi connectivity index (χ4n) is 1.60. The normalized spacial score (nSPS) is 15.9. The van der Waals surface area contributed by atoms with E-state index in [0.29, 0.717) is 5.92 Å². The smallest absolute Gasteiger partial charge is 0.0802 e. The lowest BCUT2D eigenvalue weighted by Gasteiger charge is -2.25. The van der Waals surface area contributed by atoms with Gasteiger partial charge in [-0.05, 0) is 5.92 Å². The average Bonchev–Trinajstić information content (AvgIpc) is 2.51.